The van der Waals surface area contributed by atoms with E-state index in [2.05, 4.69) is 58.3 Å². The number of nitrogens with zero attached hydrogens (tertiary/aromatic N) is 5. The van der Waals surface area contributed by atoms with Crippen molar-refractivity contribution in [3.05, 3.63) is 53.4 Å². The van der Waals surface area contributed by atoms with Crippen LogP contribution in [0.2, 0.25) is 0 Å². The van der Waals surface area contributed by atoms with Crippen molar-refractivity contribution in [3.63, 3.8) is 0 Å². The van der Waals surface area contributed by atoms with E-state index in [4.69, 9.17) is 4.98 Å². The number of nitrogens with one attached hydrogen (secondary N) is 1. The lowest BCUT2D eigenvalue weighted by Crippen LogP contribution is -2.40. The standard InChI is InChI=1S/C19H35N5.C9H11N/c1-6-17-18(7-2)24(19(21-17)13-20-3)15-16-9-8-10-23(14-16)12-11-22(4)5;1-2-6-9-8(4-1)5-3-7-10-9/h6,16,20H,1,7-15H2,2-5H3;3,5,7H,1-2,4,6H2/t16-;/m0./s1. The average molecular weight is 467 g/mol. The van der Waals surface area contributed by atoms with Gasteiger partial charge in [-0.2, -0.15) is 0 Å². The molecule has 3 heterocycles. The SMILES string of the molecule is C=Cc1nc(CNC)n(C[C@H]2CCCN(CCN(C)C)C2)c1CC.c1cnc2c(c1)CCCC2. The molecule has 2 aliphatic rings. The van der Waals surface area contributed by atoms with Crippen LogP contribution >= 0.6 is 0 Å². The molecule has 188 valence electrons. The average Bonchev–Trinajstić information content (AvgIpc) is 3.19. The largest absolute Gasteiger partial charge is 0.330 e. The molecule has 1 aliphatic carbocycles. The molecule has 0 radical (unpaired) electrons. The van der Waals surface area contributed by atoms with Crippen LogP contribution in [0, 0.1) is 5.92 Å². The van der Waals surface area contributed by atoms with Gasteiger partial charge in [-0.05, 0) is 96.3 Å². The van der Waals surface area contributed by atoms with E-state index < -0.39 is 0 Å². The van der Waals surface area contributed by atoms with Crippen molar-refractivity contribution in [3.8, 4) is 0 Å². The van der Waals surface area contributed by atoms with Crippen LogP contribution in [0.1, 0.15) is 61.1 Å². The molecule has 0 bridgehead atoms. The van der Waals surface area contributed by atoms with Crippen molar-refractivity contribution in [1.29, 1.82) is 0 Å². The van der Waals surface area contributed by atoms with E-state index in [1.807, 2.05) is 25.4 Å². The number of imidazole rings is 1. The van der Waals surface area contributed by atoms with Gasteiger partial charge in [0.15, 0.2) is 0 Å². The molecule has 1 fully saturated rings. The van der Waals surface area contributed by atoms with Crippen LogP contribution in [-0.4, -0.2) is 71.7 Å². The van der Waals surface area contributed by atoms with Crippen molar-refractivity contribution >= 4 is 6.08 Å². The van der Waals surface area contributed by atoms with Gasteiger partial charge in [-0.15, -0.1) is 0 Å². The lowest BCUT2D eigenvalue weighted by molar-refractivity contribution is 0.150. The Morgan fingerprint density at radius 1 is 1.24 bits per heavy atom. The Balaban J connectivity index is 0.000000266. The number of aromatic nitrogens is 3. The third-order valence-corrected chi connectivity index (χ3v) is 7.05. The number of rotatable bonds is 9. The fourth-order valence-corrected chi connectivity index (χ4v) is 5.24. The molecule has 0 aromatic carbocycles. The third-order valence-electron chi connectivity index (χ3n) is 7.05. The van der Waals surface area contributed by atoms with Gasteiger partial charge >= 0.3 is 0 Å². The summed E-state index contributed by atoms with van der Waals surface area (Å²) in [5, 5.41) is 3.26. The Hall–Kier alpha value is -2.02. The van der Waals surface area contributed by atoms with E-state index in [1.54, 1.807) is 0 Å². The van der Waals surface area contributed by atoms with Crippen molar-refractivity contribution in [1.82, 2.24) is 29.7 Å². The predicted molar refractivity (Wildman–Crippen MR) is 143 cm³/mol. The second kappa shape index (κ2) is 13.8. The molecule has 1 saturated heterocycles. The summed E-state index contributed by atoms with van der Waals surface area (Å²) in [5.74, 6) is 1.86. The third kappa shape index (κ3) is 7.49. The first kappa shape index (κ1) is 26.6. The Morgan fingerprint density at radius 3 is 2.76 bits per heavy atom. The van der Waals surface area contributed by atoms with Crippen LogP contribution in [0.3, 0.4) is 0 Å². The first-order chi connectivity index (χ1) is 16.5. The van der Waals surface area contributed by atoms with Gasteiger partial charge in [0.2, 0.25) is 0 Å². The Kier molecular flexibility index (Phi) is 10.8. The molecule has 0 amide bonds. The van der Waals surface area contributed by atoms with Gasteiger partial charge in [-0.25, -0.2) is 4.98 Å². The highest BCUT2D eigenvalue weighted by molar-refractivity contribution is 5.46. The van der Waals surface area contributed by atoms with Crippen molar-refractivity contribution < 1.29 is 0 Å². The Bertz CT molecular complexity index is 862. The molecule has 0 saturated carbocycles. The van der Waals surface area contributed by atoms with Crippen LogP contribution < -0.4 is 5.32 Å². The summed E-state index contributed by atoms with van der Waals surface area (Å²) < 4.78 is 2.45. The summed E-state index contributed by atoms with van der Waals surface area (Å²) in [6, 6.07) is 4.23. The summed E-state index contributed by atoms with van der Waals surface area (Å²) in [6.07, 6.45) is 12.5. The number of hydrogen-bond acceptors (Lipinski definition) is 5. The Labute approximate surface area is 207 Å². The summed E-state index contributed by atoms with van der Waals surface area (Å²) in [4.78, 5) is 14.0. The second-order valence-electron chi connectivity index (χ2n) is 9.99. The van der Waals surface area contributed by atoms with Crippen molar-refractivity contribution in [2.45, 2.75) is 65.0 Å². The van der Waals surface area contributed by atoms with Crippen molar-refractivity contribution in [2.75, 3.05) is 47.3 Å². The van der Waals surface area contributed by atoms with Gasteiger partial charge in [0, 0.05) is 43.8 Å². The molecular formula is C28H46N6. The molecule has 2 aromatic rings. The van der Waals surface area contributed by atoms with Gasteiger partial charge in [0.25, 0.3) is 0 Å². The minimum atomic E-state index is 0.716. The van der Waals surface area contributed by atoms with E-state index in [1.165, 1.54) is 75.1 Å². The quantitative estimate of drug-likeness (QED) is 0.604. The molecule has 1 atom stereocenters. The molecule has 6 heteroatoms. The van der Waals surface area contributed by atoms with Crippen LogP contribution in [-0.2, 0) is 32.4 Å². The maximum absolute atomic E-state index is 4.80. The summed E-state index contributed by atoms with van der Waals surface area (Å²) in [6.45, 7) is 12.8. The number of piperidine rings is 1. The minimum absolute atomic E-state index is 0.716. The molecule has 6 nitrogen and oxygen atoms in total. The van der Waals surface area contributed by atoms with E-state index >= 15 is 0 Å². The number of hydrogen-bond donors (Lipinski definition) is 1. The van der Waals surface area contributed by atoms with E-state index in [9.17, 15) is 0 Å². The van der Waals surface area contributed by atoms with Gasteiger partial charge in [-0.3, -0.25) is 4.98 Å². The molecule has 0 spiro atoms. The van der Waals surface area contributed by atoms with E-state index in [0.29, 0.717) is 5.92 Å². The lowest BCUT2D eigenvalue weighted by atomic mass is 9.96. The fourth-order valence-electron chi connectivity index (χ4n) is 5.24. The zero-order chi connectivity index (χ0) is 24.3. The number of fused-ring (bicyclic) bond motifs is 1. The number of pyridine rings is 1. The van der Waals surface area contributed by atoms with Crippen LogP contribution in [0.5, 0.6) is 0 Å². The monoisotopic (exact) mass is 466 g/mol. The predicted octanol–water partition coefficient (Wildman–Crippen LogP) is 4.04. The first-order valence-electron chi connectivity index (χ1n) is 13.2. The molecule has 34 heavy (non-hydrogen) atoms. The zero-order valence-corrected chi connectivity index (χ0v) is 22.0. The zero-order valence-electron chi connectivity index (χ0n) is 22.0. The van der Waals surface area contributed by atoms with Gasteiger partial charge in [0.05, 0.1) is 12.2 Å². The maximum atomic E-state index is 4.80. The van der Waals surface area contributed by atoms with Crippen LogP contribution in [0.15, 0.2) is 24.9 Å². The fraction of sp³-hybridized carbons (Fsp3) is 0.643. The Morgan fingerprint density at radius 2 is 2.06 bits per heavy atom. The smallest absolute Gasteiger partial charge is 0.123 e. The van der Waals surface area contributed by atoms with Gasteiger partial charge in [-0.1, -0.05) is 19.6 Å². The second-order valence-corrected chi connectivity index (χ2v) is 9.99. The summed E-state index contributed by atoms with van der Waals surface area (Å²) in [7, 11) is 6.30. The number of aryl methyl sites for hydroxylation is 2. The molecule has 1 N–H and O–H groups in total. The first-order valence-corrected chi connectivity index (χ1v) is 13.2. The lowest BCUT2D eigenvalue weighted by Gasteiger charge is -2.34. The van der Waals surface area contributed by atoms with E-state index in [0.717, 1.165) is 37.6 Å². The summed E-state index contributed by atoms with van der Waals surface area (Å²) >= 11 is 0. The van der Waals surface area contributed by atoms with Gasteiger partial charge in [0.1, 0.15) is 5.82 Å². The minimum Gasteiger partial charge on any atom is -0.330 e. The summed E-state index contributed by atoms with van der Waals surface area (Å²) in [5.41, 5.74) is 5.19. The molecule has 1 aliphatic heterocycles. The van der Waals surface area contributed by atoms with Crippen LogP contribution in [0.25, 0.3) is 6.08 Å². The maximum Gasteiger partial charge on any atom is 0.123 e. The topological polar surface area (TPSA) is 49.2 Å². The van der Waals surface area contributed by atoms with Crippen molar-refractivity contribution in [2.24, 2.45) is 5.92 Å². The highest BCUT2D eigenvalue weighted by Gasteiger charge is 2.23. The molecular weight excluding hydrogens is 420 g/mol. The highest BCUT2D eigenvalue weighted by atomic mass is 15.2. The van der Waals surface area contributed by atoms with E-state index in [-0.39, 0.29) is 0 Å². The normalized spacial score (nSPS) is 18.3. The number of likely N-dealkylation sites (N-methyl/N-ethyl adjacent to an activating group) is 1. The van der Waals surface area contributed by atoms with Crippen LogP contribution in [0.4, 0.5) is 0 Å². The highest BCUT2D eigenvalue weighted by Crippen LogP contribution is 2.22. The molecule has 0 unspecified atom stereocenters. The molecule has 2 aromatic heterocycles. The number of likely N-dealkylation sites (tertiary alicyclic amines) is 1. The molecule has 4 rings (SSSR count). The van der Waals surface area contributed by atoms with Gasteiger partial charge < -0.3 is 19.7 Å².